The number of hydrogen-bond acceptors (Lipinski definition) is 4. The lowest BCUT2D eigenvalue weighted by molar-refractivity contribution is 0.600. The Balaban J connectivity index is 2.35. The molecule has 0 aromatic carbocycles. The highest BCUT2D eigenvalue weighted by molar-refractivity contribution is 7.91. The van der Waals surface area contributed by atoms with Gasteiger partial charge in [-0.25, -0.2) is 8.42 Å². The van der Waals surface area contributed by atoms with E-state index in [-0.39, 0.29) is 17.4 Å². The minimum atomic E-state index is -2.85. The van der Waals surface area contributed by atoms with Crippen LogP contribution >= 0.6 is 12.2 Å². The summed E-state index contributed by atoms with van der Waals surface area (Å²) >= 11 is 4.96. The number of rotatable bonds is 1. The van der Waals surface area contributed by atoms with Gasteiger partial charge in [0.2, 0.25) is 0 Å². The van der Waals surface area contributed by atoms with Gasteiger partial charge in [-0.15, -0.1) is 0 Å². The average molecular weight is 233 g/mol. The zero-order valence-electron chi connectivity index (χ0n) is 7.73. The standard InChI is InChI=1S/C7H11N3O2S2/c1-10-6(8-9-7(10)13)5-2-3-14(11,12)4-5/h5H,2-4H2,1H3,(H,9,13)/t5-/m1/s1. The highest BCUT2D eigenvalue weighted by Crippen LogP contribution is 2.26. The second-order valence-corrected chi connectivity index (χ2v) is 6.16. The molecule has 0 aliphatic carbocycles. The van der Waals surface area contributed by atoms with E-state index in [9.17, 15) is 8.42 Å². The molecule has 2 rings (SSSR count). The summed E-state index contributed by atoms with van der Waals surface area (Å²) in [5.74, 6) is 1.20. The van der Waals surface area contributed by atoms with E-state index in [1.807, 2.05) is 0 Å². The van der Waals surface area contributed by atoms with Crippen molar-refractivity contribution in [3.05, 3.63) is 10.6 Å². The van der Waals surface area contributed by atoms with Crippen molar-refractivity contribution >= 4 is 22.1 Å². The fourth-order valence-corrected chi connectivity index (χ4v) is 3.60. The van der Waals surface area contributed by atoms with Crippen molar-refractivity contribution in [2.45, 2.75) is 12.3 Å². The fourth-order valence-electron chi connectivity index (χ4n) is 1.72. The van der Waals surface area contributed by atoms with Crippen molar-refractivity contribution in [2.24, 2.45) is 7.05 Å². The summed E-state index contributed by atoms with van der Waals surface area (Å²) in [5.41, 5.74) is 0. The van der Waals surface area contributed by atoms with Crippen molar-refractivity contribution in [1.82, 2.24) is 14.8 Å². The van der Waals surface area contributed by atoms with Crippen molar-refractivity contribution in [3.8, 4) is 0 Å². The van der Waals surface area contributed by atoms with Crippen LogP contribution in [0.5, 0.6) is 0 Å². The number of aromatic amines is 1. The molecule has 1 aromatic heterocycles. The van der Waals surface area contributed by atoms with E-state index < -0.39 is 9.84 Å². The smallest absolute Gasteiger partial charge is 0.194 e. The third-order valence-electron chi connectivity index (χ3n) is 2.51. The van der Waals surface area contributed by atoms with Crippen LogP contribution in [0.3, 0.4) is 0 Å². The van der Waals surface area contributed by atoms with Crippen molar-refractivity contribution in [3.63, 3.8) is 0 Å². The zero-order chi connectivity index (χ0) is 10.3. The van der Waals surface area contributed by atoms with Gasteiger partial charge in [-0.05, 0) is 18.6 Å². The maximum atomic E-state index is 11.3. The Labute approximate surface area is 87.1 Å². The molecule has 0 unspecified atom stereocenters. The fraction of sp³-hybridized carbons (Fsp3) is 0.714. The Bertz CT molecular complexity index is 499. The summed E-state index contributed by atoms with van der Waals surface area (Å²) < 4.78 is 24.8. The Morgan fingerprint density at radius 2 is 2.36 bits per heavy atom. The molecule has 0 radical (unpaired) electrons. The molecule has 2 heterocycles. The third kappa shape index (κ3) is 1.61. The van der Waals surface area contributed by atoms with Crippen LogP contribution in [0.4, 0.5) is 0 Å². The molecule has 7 heteroatoms. The molecule has 0 amide bonds. The molecule has 1 N–H and O–H groups in total. The minimum Gasteiger partial charge on any atom is -0.307 e. The van der Waals surface area contributed by atoms with Crippen LogP contribution in [0.1, 0.15) is 18.2 Å². The Morgan fingerprint density at radius 1 is 1.64 bits per heavy atom. The first kappa shape index (κ1) is 9.85. The highest BCUT2D eigenvalue weighted by atomic mass is 32.2. The van der Waals surface area contributed by atoms with Crippen molar-refractivity contribution in [1.29, 1.82) is 0 Å². The zero-order valence-corrected chi connectivity index (χ0v) is 9.36. The first-order valence-electron chi connectivity index (χ1n) is 4.31. The van der Waals surface area contributed by atoms with Crippen LogP contribution in [0.2, 0.25) is 0 Å². The van der Waals surface area contributed by atoms with Gasteiger partial charge in [-0.2, -0.15) is 5.10 Å². The van der Waals surface area contributed by atoms with Gasteiger partial charge < -0.3 is 4.57 Å². The molecule has 1 aliphatic heterocycles. The second kappa shape index (κ2) is 3.16. The van der Waals surface area contributed by atoms with E-state index in [0.29, 0.717) is 11.2 Å². The summed E-state index contributed by atoms with van der Waals surface area (Å²) in [5, 5.41) is 6.71. The number of aromatic nitrogens is 3. The predicted octanol–water partition coefficient (Wildman–Crippen LogP) is 0.380. The third-order valence-corrected chi connectivity index (χ3v) is 4.65. The topological polar surface area (TPSA) is 67.8 Å². The van der Waals surface area contributed by atoms with Crippen LogP contribution in [-0.2, 0) is 16.9 Å². The van der Waals surface area contributed by atoms with Gasteiger partial charge in [0.05, 0.1) is 11.5 Å². The number of nitrogens with zero attached hydrogens (tertiary/aromatic N) is 2. The van der Waals surface area contributed by atoms with Gasteiger partial charge in [0.25, 0.3) is 0 Å². The highest BCUT2D eigenvalue weighted by Gasteiger charge is 2.31. The largest absolute Gasteiger partial charge is 0.307 e. The SMILES string of the molecule is Cn1c([C@@H]2CCS(=O)(=O)C2)n[nH]c1=S. The van der Waals surface area contributed by atoms with E-state index >= 15 is 0 Å². The molecule has 0 spiro atoms. The second-order valence-electron chi connectivity index (χ2n) is 3.55. The molecule has 1 fully saturated rings. The van der Waals surface area contributed by atoms with Gasteiger partial charge in [-0.1, -0.05) is 0 Å². The normalized spacial score (nSPS) is 25.4. The van der Waals surface area contributed by atoms with Crippen molar-refractivity contribution < 1.29 is 8.42 Å². The molecule has 1 aliphatic rings. The average Bonchev–Trinajstić information content (AvgIpc) is 2.59. The van der Waals surface area contributed by atoms with Crippen LogP contribution < -0.4 is 0 Å². The quantitative estimate of drug-likeness (QED) is 0.712. The van der Waals surface area contributed by atoms with Crippen molar-refractivity contribution in [2.75, 3.05) is 11.5 Å². The van der Waals surface area contributed by atoms with Gasteiger partial charge in [0, 0.05) is 13.0 Å². The molecule has 0 bridgehead atoms. The summed E-state index contributed by atoms with van der Waals surface area (Å²) in [6, 6.07) is 0. The summed E-state index contributed by atoms with van der Waals surface area (Å²) in [6.45, 7) is 0. The molecule has 14 heavy (non-hydrogen) atoms. The van der Waals surface area contributed by atoms with Gasteiger partial charge in [0.15, 0.2) is 14.6 Å². The van der Waals surface area contributed by atoms with Crippen LogP contribution in [0.15, 0.2) is 0 Å². The first-order valence-corrected chi connectivity index (χ1v) is 6.54. The lowest BCUT2D eigenvalue weighted by Gasteiger charge is -2.05. The van der Waals surface area contributed by atoms with Crippen LogP contribution in [0, 0.1) is 4.77 Å². The minimum absolute atomic E-state index is 0.00190. The molecule has 1 aromatic rings. The maximum Gasteiger partial charge on any atom is 0.194 e. The lowest BCUT2D eigenvalue weighted by Crippen LogP contribution is -2.08. The molecule has 1 saturated heterocycles. The van der Waals surface area contributed by atoms with E-state index in [1.54, 1.807) is 11.6 Å². The molecular weight excluding hydrogens is 222 g/mol. The number of H-pyrrole nitrogens is 1. The van der Waals surface area contributed by atoms with E-state index in [0.717, 1.165) is 5.82 Å². The van der Waals surface area contributed by atoms with Gasteiger partial charge >= 0.3 is 0 Å². The number of nitrogens with one attached hydrogen (secondary N) is 1. The van der Waals surface area contributed by atoms with Gasteiger partial charge in [-0.3, -0.25) is 5.10 Å². The lowest BCUT2D eigenvalue weighted by atomic mass is 10.1. The summed E-state index contributed by atoms with van der Waals surface area (Å²) in [7, 11) is -1.05. The monoisotopic (exact) mass is 233 g/mol. The predicted molar refractivity (Wildman–Crippen MR) is 54.4 cm³/mol. The Hall–Kier alpha value is -0.690. The van der Waals surface area contributed by atoms with Gasteiger partial charge in [0.1, 0.15) is 5.82 Å². The Kier molecular flexibility index (Phi) is 2.23. The van der Waals surface area contributed by atoms with Crippen LogP contribution in [0.25, 0.3) is 0 Å². The summed E-state index contributed by atoms with van der Waals surface area (Å²) in [4.78, 5) is 0. The molecule has 5 nitrogen and oxygen atoms in total. The van der Waals surface area contributed by atoms with E-state index in [1.165, 1.54) is 0 Å². The first-order chi connectivity index (χ1) is 6.49. The molecule has 78 valence electrons. The molecule has 0 saturated carbocycles. The maximum absolute atomic E-state index is 11.3. The molecular formula is C7H11N3O2S2. The van der Waals surface area contributed by atoms with Crippen LogP contribution in [-0.4, -0.2) is 34.7 Å². The number of sulfone groups is 1. The summed E-state index contributed by atoms with van der Waals surface area (Å²) in [6.07, 6.45) is 0.649. The number of hydrogen-bond donors (Lipinski definition) is 1. The molecule has 1 atom stereocenters. The van der Waals surface area contributed by atoms with E-state index in [2.05, 4.69) is 10.2 Å². The Morgan fingerprint density at radius 3 is 2.79 bits per heavy atom. The van der Waals surface area contributed by atoms with E-state index in [4.69, 9.17) is 12.2 Å².